The van der Waals surface area contributed by atoms with E-state index in [1.54, 1.807) is 19.1 Å². The number of thioether (sulfide) groups is 1. The second-order valence-electron chi connectivity index (χ2n) is 2.65. The van der Waals surface area contributed by atoms with Gasteiger partial charge in [-0.15, -0.1) is 0 Å². The number of hydrogen-bond acceptors (Lipinski definition) is 2. The molecule has 74 valence electrons. The molecule has 2 nitrogen and oxygen atoms in total. The highest BCUT2D eigenvalue weighted by atomic mass is 35.5. The first-order valence-corrected chi connectivity index (χ1v) is 5.12. The number of rotatable bonds is 3. The second-order valence-corrected chi connectivity index (χ2v) is 4.41. The van der Waals surface area contributed by atoms with Crippen LogP contribution in [0.25, 0.3) is 0 Å². The van der Waals surface area contributed by atoms with Crippen LogP contribution in [0.3, 0.4) is 0 Å². The molecular weight excluding hydrogens is 220 g/mol. The van der Waals surface area contributed by atoms with Crippen LogP contribution in [0, 0.1) is 0 Å². The molecule has 14 heavy (non-hydrogen) atoms. The summed E-state index contributed by atoms with van der Waals surface area (Å²) in [6.07, 6.45) is 1.17. The molecule has 0 fully saturated rings. The normalized spacial score (nSPS) is 11.4. The number of hydrogen-bond donors (Lipinski definition) is 1. The van der Waals surface area contributed by atoms with Gasteiger partial charge in [-0.1, -0.05) is 29.4 Å². The SMILES string of the molecule is C/C(=C\C(=O)O)Sc1cccc(Cl)c1. The number of carboxylic acids is 1. The fourth-order valence-electron chi connectivity index (χ4n) is 0.920. The van der Waals surface area contributed by atoms with E-state index in [0.29, 0.717) is 5.02 Å². The van der Waals surface area contributed by atoms with E-state index in [-0.39, 0.29) is 0 Å². The Labute approximate surface area is 91.6 Å². The molecule has 4 heteroatoms. The molecular formula is C10H9ClO2S. The van der Waals surface area contributed by atoms with Crippen molar-refractivity contribution in [3.63, 3.8) is 0 Å². The Hall–Kier alpha value is -0.930. The molecule has 0 aliphatic heterocycles. The second kappa shape index (κ2) is 5.08. The molecule has 0 aliphatic carbocycles. The zero-order valence-corrected chi connectivity index (χ0v) is 9.10. The van der Waals surface area contributed by atoms with Crippen LogP contribution >= 0.6 is 23.4 Å². The first kappa shape index (κ1) is 11.1. The lowest BCUT2D eigenvalue weighted by molar-refractivity contribution is -0.131. The topological polar surface area (TPSA) is 37.3 Å². The third-order valence-electron chi connectivity index (χ3n) is 1.40. The third-order valence-corrected chi connectivity index (χ3v) is 2.57. The van der Waals surface area contributed by atoms with E-state index >= 15 is 0 Å². The van der Waals surface area contributed by atoms with Gasteiger partial charge < -0.3 is 5.11 Å². The minimum atomic E-state index is -0.933. The Balaban J connectivity index is 2.74. The highest BCUT2D eigenvalue weighted by Gasteiger charge is 1.98. The summed E-state index contributed by atoms with van der Waals surface area (Å²) in [5.41, 5.74) is 0. The van der Waals surface area contributed by atoms with Gasteiger partial charge in [0.05, 0.1) is 0 Å². The number of carboxylic acid groups (broad SMARTS) is 1. The molecule has 0 aromatic heterocycles. The maximum absolute atomic E-state index is 10.4. The van der Waals surface area contributed by atoms with E-state index in [1.165, 1.54) is 17.8 Å². The first-order valence-electron chi connectivity index (χ1n) is 3.92. The molecule has 0 heterocycles. The van der Waals surface area contributed by atoms with E-state index in [4.69, 9.17) is 16.7 Å². The van der Waals surface area contributed by atoms with Crippen LogP contribution in [0.4, 0.5) is 0 Å². The summed E-state index contributed by atoms with van der Waals surface area (Å²) in [7, 11) is 0. The van der Waals surface area contributed by atoms with Gasteiger partial charge >= 0.3 is 5.97 Å². The molecule has 0 amide bonds. The lowest BCUT2D eigenvalue weighted by Crippen LogP contribution is -1.87. The minimum absolute atomic E-state index is 0.651. The smallest absolute Gasteiger partial charge is 0.329 e. The number of allylic oxidation sites excluding steroid dienone is 1. The number of aliphatic carboxylic acids is 1. The Morgan fingerprint density at radius 1 is 1.57 bits per heavy atom. The largest absolute Gasteiger partial charge is 0.478 e. The van der Waals surface area contributed by atoms with Gasteiger partial charge in [-0.3, -0.25) is 0 Å². The summed E-state index contributed by atoms with van der Waals surface area (Å²) in [5, 5.41) is 9.15. The molecule has 1 aromatic carbocycles. The van der Waals surface area contributed by atoms with E-state index in [0.717, 1.165) is 9.80 Å². The highest BCUT2D eigenvalue weighted by Crippen LogP contribution is 2.27. The summed E-state index contributed by atoms with van der Waals surface area (Å²) in [5.74, 6) is -0.933. The summed E-state index contributed by atoms with van der Waals surface area (Å²) in [6.45, 7) is 1.75. The molecule has 0 radical (unpaired) electrons. The van der Waals surface area contributed by atoms with Crippen molar-refractivity contribution in [2.24, 2.45) is 0 Å². The molecule has 1 aromatic rings. The van der Waals surface area contributed by atoms with Crippen molar-refractivity contribution in [1.29, 1.82) is 0 Å². The van der Waals surface area contributed by atoms with Crippen LogP contribution in [-0.4, -0.2) is 11.1 Å². The molecule has 0 atom stereocenters. The summed E-state index contributed by atoms with van der Waals surface area (Å²) in [4.78, 5) is 12.0. The average Bonchev–Trinajstić information content (AvgIpc) is 2.01. The zero-order chi connectivity index (χ0) is 10.6. The maximum atomic E-state index is 10.4. The van der Waals surface area contributed by atoms with Crippen LogP contribution < -0.4 is 0 Å². The predicted molar refractivity (Wildman–Crippen MR) is 58.7 cm³/mol. The maximum Gasteiger partial charge on any atom is 0.329 e. The first-order chi connectivity index (χ1) is 6.58. The average molecular weight is 229 g/mol. The molecule has 0 saturated heterocycles. The van der Waals surface area contributed by atoms with Crippen molar-refractivity contribution in [1.82, 2.24) is 0 Å². The van der Waals surface area contributed by atoms with Gasteiger partial charge in [-0.05, 0) is 30.0 Å². The summed E-state index contributed by atoms with van der Waals surface area (Å²) >= 11 is 7.17. The van der Waals surface area contributed by atoms with Gasteiger partial charge in [0.25, 0.3) is 0 Å². The Morgan fingerprint density at radius 2 is 2.29 bits per heavy atom. The van der Waals surface area contributed by atoms with Crippen LogP contribution in [0.2, 0.25) is 5.02 Å². The van der Waals surface area contributed by atoms with Crippen molar-refractivity contribution in [3.8, 4) is 0 Å². The molecule has 0 bridgehead atoms. The predicted octanol–water partition coefficient (Wildman–Crippen LogP) is 3.42. The number of carbonyl (C=O) groups is 1. The monoisotopic (exact) mass is 228 g/mol. The third kappa shape index (κ3) is 3.85. The van der Waals surface area contributed by atoms with Crippen LogP contribution in [-0.2, 0) is 4.79 Å². The number of halogens is 1. The fraction of sp³-hybridized carbons (Fsp3) is 0.100. The van der Waals surface area contributed by atoms with Gasteiger partial charge in [-0.25, -0.2) is 4.79 Å². The van der Waals surface area contributed by atoms with Gasteiger partial charge in [0.1, 0.15) is 0 Å². The molecule has 1 N–H and O–H groups in total. The van der Waals surface area contributed by atoms with Crippen LogP contribution in [0.5, 0.6) is 0 Å². The van der Waals surface area contributed by atoms with Crippen molar-refractivity contribution >= 4 is 29.3 Å². The van der Waals surface area contributed by atoms with E-state index in [9.17, 15) is 4.79 Å². The van der Waals surface area contributed by atoms with Gasteiger partial charge in [-0.2, -0.15) is 0 Å². The Bertz CT molecular complexity index is 374. The van der Waals surface area contributed by atoms with Gasteiger partial charge in [0.15, 0.2) is 0 Å². The van der Waals surface area contributed by atoms with Crippen molar-refractivity contribution < 1.29 is 9.90 Å². The standard InChI is InChI=1S/C10H9ClO2S/c1-7(5-10(12)13)14-9-4-2-3-8(11)6-9/h2-6H,1H3,(H,12,13)/b7-5+. The van der Waals surface area contributed by atoms with Crippen LogP contribution in [0.1, 0.15) is 6.92 Å². The van der Waals surface area contributed by atoms with E-state index in [1.807, 2.05) is 12.1 Å². The van der Waals surface area contributed by atoms with Gasteiger partial charge in [0.2, 0.25) is 0 Å². The summed E-state index contributed by atoms with van der Waals surface area (Å²) in [6, 6.07) is 7.29. The van der Waals surface area contributed by atoms with E-state index < -0.39 is 5.97 Å². The fourth-order valence-corrected chi connectivity index (χ4v) is 2.04. The zero-order valence-electron chi connectivity index (χ0n) is 7.53. The molecule has 0 unspecified atom stereocenters. The van der Waals surface area contributed by atoms with Crippen LogP contribution in [0.15, 0.2) is 40.1 Å². The summed E-state index contributed by atoms with van der Waals surface area (Å²) < 4.78 is 0. The molecule has 0 aliphatic rings. The molecule has 1 rings (SSSR count). The lowest BCUT2D eigenvalue weighted by atomic mass is 10.4. The number of benzene rings is 1. The lowest BCUT2D eigenvalue weighted by Gasteiger charge is -2.00. The molecule has 0 spiro atoms. The van der Waals surface area contributed by atoms with Crippen molar-refractivity contribution in [2.45, 2.75) is 11.8 Å². The quantitative estimate of drug-likeness (QED) is 0.636. The minimum Gasteiger partial charge on any atom is -0.478 e. The Kier molecular flexibility index (Phi) is 4.04. The van der Waals surface area contributed by atoms with Crippen molar-refractivity contribution in [3.05, 3.63) is 40.3 Å². The van der Waals surface area contributed by atoms with E-state index in [2.05, 4.69) is 0 Å². The highest BCUT2D eigenvalue weighted by molar-refractivity contribution is 8.03. The van der Waals surface area contributed by atoms with Crippen molar-refractivity contribution in [2.75, 3.05) is 0 Å². The molecule has 0 saturated carbocycles. The Morgan fingerprint density at radius 3 is 2.86 bits per heavy atom. The van der Waals surface area contributed by atoms with Gasteiger partial charge in [0, 0.05) is 16.0 Å².